The van der Waals surface area contributed by atoms with Gasteiger partial charge < -0.3 is 4.42 Å². The molecule has 0 atom stereocenters. The minimum Gasteiger partial charge on any atom is -0.469 e. The molecule has 1 aliphatic rings. The molecule has 138 valence electrons. The van der Waals surface area contributed by atoms with E-state index in [4.69, 9.17) is 4.42 Å². The predicted molar refractivity (Wildman–Crippen MR) is 102 cm³/mol. The summed E-state index contributed by atoms with van der Waals surface area (Å²) >= 11 is 0. The molecule has 0 amide bonds. The van der Waals surface area contributed by atoms with E-state index in [1.165, 1.54) is 16.3 Å². The average molecular weight is 372 g/mol. The van der Waals surface area contributed by atoms with Gasteiger partial charge in [0.1, 0.15) is 5.76 Å². The lowest BCUT2D eigenvalue weighted by Crippen LogP contribution is -2.28. The van der Waals surface area contributed by atoms with Gasteiger partial charge in [-0.25, -0.2) is 8.42 Å². The third-order valence-electron chi connectivity index (χ3n) is 4.66. The standard InChI is InChI=1S/C21H25NO3S/c1-18-9-11-21(12-10-18)26(23,24)22(16-14-20-8-5-17-25-20)15-13-19-6-3-2-4-7-19/h5,8-12,15,17H,2-4,6-7,14,16H2,1H3. The van der Waals surface area contributed by atoms with Crippen LogP contribution >= 0.6 is 0 Å². The minimum absolute atomic E-state index is 0.300. The average Bonchev–Trinajstić information content (AvgIpc) is 3.16. The topological polar surface area (TPSA) is 50.5 Å². The van der Waals surface area contributed by atoms with Crippen LogP contribution in [0.1, 0.15) is 43.4 Å². The van der Waals surface area contributed by atoms with E-state index in [1.807, 2.05) is 31.2 Å². The first-order valence-corrected chi connectivity index (χ1v) is 10.6. The van der Waals surface area contributed by atoms with Crippen molar-refractivity contribution in [3.05, 3.63) is 71.5 Å². The van der Waals surface area contributed by atoms with Crippen LogP contribution in [0.5, 0.6) is 0 Å². The van der Waals surface area contributed by atoms with Crippen molar-refractivity contribution in [2.45, 2.75) is 50.3 Å². The molecule has 0 bridgehead atoms. The quantitative estimate of drug-likeness (QED) is 0.684. The molecular formula is C21H25NO3S. The number of nitrogens with zero attached hydrogens (tertiary/aromatic N) is 1. The second-order valence-electron chi connectivity index (χ2n) is 6.70. The first kappa shape index (κ1) is 18.6. The Morgan fingerprint density at radius 1 is 1.12 bits per heavy atom. The van der Waals surface area contributed by atoms with Gasteiger partial charge in [0.15, 0.2) is 0 Å². The number of aryl methyl sites for hydroxylation is 1. The predicted octanol–water partition coefficient (Wildman–Crippen LogP) is 4.82. The molecule has 1 aromatic carbocycles. The molecule has 1 aromatic heterocycles. The summed E-state index contributed by atoms with van der Waals surface area (Å²) in [6, 6.07) is 10.6. The van der Waals surface area contributed by atoms with Gasteiger partial charge in [0, 0.05) is 13.0 Å². The lowest BCUT2D eigenvalue weighted by Gasteiger charge is -2.20. The molecule has 0 spiro atoms. The van der Waals surface area contributed by atoms with Crippen molar-refractivity contribution in [1.82, 2.24) is 4.31 Å². The van der Waals surface area contributed by atoms with Crippen LogP contribution in [0.3, 0.4) is 0 Å². The normalized spacial score (nSPS) is 14.7. The molecule has 3 rings (SSSR count). The van der Waals surface area contributed by atoms with Crippen molar-refractivity contribution in [3.8, 4) is 0 Å². The fourth-order valence-electron chi connectivity index (χ4n) is 3.06. The van der Waals surface area contributed by atoms with Crippen molar-refractivity contribution in [2.24, 2.45) is 0 Å². The maximum atomic E-state index is 13.1. The van der Waals surface area contributed by atoms with Gasteiger partial charge in [0.05, 0.1) is 17.4 Å². The van der Waals surface area contributed by atoms with Gasteiger partial charge in [-0.3, -0.25) is 4.31 Å². The lowest BCUT2D eigenvalue weighted by atomic mass is 9.96. The number of sulfonamides is 1. The van der Waals surface area contributed by atoms with E-state index < -0.39 is 10.0 Å². The molecule has 2 aromatic rings. The zero-order chi connectivity index (χ0) is 18.4. The fourth-order valence-corrected chi connectivity index (χ4v) is 4.34. The number of hydrogen-bond donors (Lipinski definition) is 0. The van der Waals surface area contributed by atoms with E-state index in [0.717, 1.165) is 37.0 Å². The number of hydrogen-bond acceptors (Lipinski definition) is 3. The van der Waals surface area contributed by atoms with E-state index in [0.29, 0.717) is 17.9 Å². The zero-order valence-electron chi connectivity index (χ0n) is 15.1. The van der Waals surface area contributed by atoms with E-state index in [2.05, 4.69) is 5.73 Å². The monoisotopic (exact) mass is 371 g/mol. The van der Waals surface area contributed by atoms with Crippen molar-refractivity contribution < 1.29 is 12.8 Å². The molecule has 1 aliphatic carbocycles. The summed E-state index contributed by atoms with van der Waals surface area (Å²) in [5, 5.41) is 0. The molecule has 26 heavy (non-hydrogen) atoms. The number of furan rings is 1. The summed E-state index contributed by atoms with van der Waals surface area (Å²) in [6.45, 7) is 2.27. The van der Waals surface area contributed by atoms with Crippen LogP contribution in [0, 0.1) is 6.92 Å². The molecular weight excluding hydrogens is 346 g/mol. The second-order valence-corrected chi connectivity index (χ2v) is 8.59. The largest absolute Gasteiger partial charge is 0.469 e. The highest BCUT2D eigenvalue weighted by Gasteiger charge is 2.21. The molecule has 1 fully saturated rings. The van der Waals surface area contributed by atoms with Crippen molar-refractivity contribution in [1.29, 1.82) is 0 Å². The number of rotatable bonds is 6. The van der Waals surface area contributed by atoms with Gasteiger partial charge >= 0.3 is 0 Å². The third kappa shape index (κ3) is 4.69. The highest BCUT2D eigenvalue weighted by molar-refractivity contribution is 7.89. The second kappa shape index (κ2) is 8.43. The highest BCUT2D eigenvalue weighted by atomic mass is 32.2. The lowest BCUT2D eigenvalue weighted by molar-refractivity contribution is 0.460. The van der Waals surface area contributed by atoms with Crippen molar-refractivity contribution in [2.75, 3.05) is 6.54 Å². The Morgan fingerprint density at radius 3 is 2.50 bits per heavy atom. The minimum atomic E-state index is -3.61. The molecule has 4 nitrogen and oxygen atoms in total. The van der Waals surface area contributed by atoms with E-state index in [-0.39, 0.29) is 0 Å². The van der Waals surface area contributed by atoms with Crippen LogP contribution in [0.2, 0.25) is 0 Å². The molecule has 0 saturated heterocycles. The zero-order valence-corrected chi connectivity index (χ0v) is 16.0. The maximum absolute atomic E-state index is 13.1. The van der Waals surface area contributed by atoms with Gasteiger partial charge in [0.2, 0.25) is 0 Å². The summed E-state index contributed by atoms with van der Waals surface area (Å²) in [6.07, 6.45) is 9.31. The molecule has 0 unspecified atom stereocenters. The Balaban J connectivity index is 1.87. The van der Waals surface area contributed by atoms with Crippen LogP contribution in [-0.2, 0) is 16.4 Å². The van der Waals surface area contributed by atoms with Crippen LogP contribution in [-0.4, -0.2) is 19.3 Å². The van der Waals surface area contributed by atoms with Gasteiger partial charge in [-0.1, -0.05) is 24.1 Å². The Bertz CT molecular complexity index is 866. The maximum Gasteiger partial charge on any atom is 0.264 e. The first-order valence-electron chi connectivity index (χ1n) is 9.11. The molecule has 0 aliphatic heterocycles. The van der Waals surface area contributed by atoms with E-state index in [9.17, 15) is 8.42 Å². The smallest absolute Gasteiger partial charge is 0.264 e. The third-order valence-corrected chi connectivity index (χ3v) is 6.43. The number of benzene rings is 1. The number of allylic oxidation sites excluding steroid dienone is 1. The molecule has 1 saturated carbocycles. The van der Waals surface area contributed by atoms with Gasteiger partial charge in [-0.15, -0.1) is 5.73 Å². The summed E-state index contributed by atoms with van der Waals surface area (Å²) in [5.41, 5.74) is 5.49. The van der Waals surface area contributed by atoms with Gasteiger partial charge in [0.25, 0.3) is 10.0 Å². The van der Waals surface area contributed by atoms with Crippen LogP contribution in [0.4, 0.5) is 0 Å². The summed E-state index contributed by atoms with van der Waals surface area (Å²) in [7, 11) is -3.61. The molecule has 0 radical (unpaired) electrons. The Labute approximate surface area is 155 Å². The highest BCUT2D eigenvalue weighted by Crippen LogP contribution is 2.22. The summed E-state index contributed by atoms with van der Waals surface area (Å²) in [5.74, 6) is 0.771. The van der Waals surface area contributed by atoms with Gasteiger partial charge in [-0.2, -0.15) is 0 Å². The Hall–Kier alpha value is -2.23. The van der Waals surface area contributed by atoms with Crippen molar-refractivity contribution in [3.63, 3.8) is 0 Å². The van der Waals surface area contributed by atoms with E-state index >= 15 is 0 Å². The SMILES string of the molecule is Cc1ccc(S(=O)(=O)N(C=C=C2CCCCC2)CCc2ccco2)cc1. The van der Waals surface area contributed by atoms with Crippen LogP contribution < -0.4 is 0 Å². The molecule has 5 heteroatoms. The van der Waals surface area contributed by atoms with Crippen molar-refractivity contribution >= 4 is 10.0 Å². The Morgan fingerprint density at radius 2 is 1.85 bits per heavy atom. The molecule has 0 N–H and O–H groups in total. The molecule has 1 heterocycles. The first-order chi connectivity index (χ1) is 12.6. The van der Waals surface area contributed by atoms with E-state index in [1.54, 1.807) is 24.6 Å². The summed E-state index contributed by atoms with van der Waals surface area (Å²) in [4.78, 5) is 0.300. The fraction of sp³-hybridized carbons (Fsp3) is 0.381. The Kier molecular flexibility index (Phi) is 6.02. The van der Waals surface area contributed by atoms with Crippen LogP contribution in [0.25, 0.3) is 0 Å². The van der Waals surface area contributed by atoms with Gasteiger partial charge in [-0.05, 0) is 62.4 Å². The summed E-state index contributed by atoms with van der Waals surface area (Å²) < 4.78 is 32.9. The van der Waals surface area contributed by atoms with Crippen LogP contribution in [0.15, 0.2) is 69.5 Å².